The van der Waals surface area contributed by atoms with Crippen molar-refractivity contribution in [1.29, 1.82) is 0 Å². The van der Waals surface area contributed by atoms with Gasteiger partial charge in [0, 0.05) is 6.61 Å². The Kier molecular flexibility index (Phi) is 3.19. The molecule has 1 unspecified atom stereocenters. The summed E-state index contributed by atoms with van der Waals surface area (Å²) in [5.41, 5.74) is 0. The highest BCUT2D eigenvalue weighted by Gasteiger charge is 2.36. The van der Waals surface area contributed by atoms with E-state index in [9.17, 15) is 0 Å². The Morgan fingerprint density at radius 3 is 2.45 bits per heavy atom. The summed E-state index contributed by atoms with van der Waals surface area (Å²) in [6, 6.07) is 0.746. The zero-order valence-corrected chi connectivity index (χ0v) is 8.22. The summed E-state index contributed by atoms with van der Waals surface area (Å²) in [6.07, 6.45) is 1.98. The van der Waals surface area contributed by atoms with Crippen molar-refractivity contribution in [1.82, 2.24) is 0 Å². The van der Waals surface area contributed by atoms with E-state index in [1.54, 1.807) is 0 Å². The maximum atomic E-state index is 8.55. The zero-order valence-electron chi connectivity index (χ0n) is 6.06. The first kappa shape index (κ1) is 9.32. The summed E-state index contributed by atoms with van der Waals surface area (Å²) >= 11 is 0. The molecule has 66 valence electrons. The van der Waals surface area contributed by atoms with Gasteiger partial charge >= 0.3 is 18.3 Å². The highest BCUT2D eigenvalue weighted by molar-refractivity contribution is 6.61. The van der Waals surface area contributed by atoms with Gasteiger partial charge in [-0.3, -0.25) is 0 Å². The molecule has 0 spiro atoms. The summed E-state index contributed by atoms with van der Waals surface area (Å²) in [5.74, 6) is 0. The Morgan fingerprint density at radius 2 is 2.00 bits per heavy atom. The average molecular weight is 196 g/mol. The van der Waals surface area contributed by atoms with Crippen LogP contribution in [-0.2, 0) is 8.54 Å². The molecular weight excluding hydrogens is 184 g/mol. The molecule has 3 N–H and O–H groups in total. The Labute approximate surface area is 67.5 Å². The average Bonchev–Trinajstić information content (AvgIpc) is 1.85. The zero-order chi connectivity index (χ0) is 8.32. The number of rotatable bonds is 2. The van der Waals surface area contributed by atoms with Crippen LogP contribution in [0.1, 0.15) is 12.8 Å². The Bertz CT molecular complexity index is 118. The van der Waals surface area contributed by atoms with Crippen LogP contribution >= 0.6 is 0 Å². The van der Waals surface area contributed by atoms with Gasteiger partial charge in [-0.15, -0.1) is 0 Å². The molecule has 1 rings (SSSR count). The van der Waals surface area contributed by atoms with Crippen LogP contribution in [0.15, 0.2) is 0 Å². The Hall–Kier alpha value is 0.234. The van der Waals surface area contributed by atoms with E-state index in [0.29, 0.717) is 6.61 Å². The first-order valence-corrected chi connectivity index (χ1v) is 7.05. The summed E-state index contributed by atoms with van der Waals surface area (Å²) in [5, 5.41) is 0. The maximum Gasteiger partial charge on any atom is 0.662 e. The Balaban J connectivity index is 2.24. The van der Waals surface area contributed by atoms with Gasteiger partial charge in [0.1, 0.15) is 0 Å². The van der Waals surface area contributed by atoms with Crippen molar-refractivity contribution in [3.05, 3.63) is 0 Å². The lowest BCUT2D eigenvalue weighted by atomic mass is 10.4. The molecule has 1 aliphatic rings. The van der Waals surface area contributed by atoms with E-state index in [0.717, 1.165) is 18.9 Å². The SMILES string of the molecule is O[Si](O)(O)O[SiH]1CCCCO1. The molecule has 0 bridgehead atoms. The minimum absolute atomic E-state index is 0.612. The second-order valence-corrected chi connectivity index (χ2v) is 6.35. The van der Waals surface area contributed by atoms with Gasteiger partial charge in [0.2, 0.25) is 0 Å². The molecule has 1 atom stereocenters. The van der Waals surface area contributed by atoms with Crippen molar-refractivity contribution >= 4 is 18.3 Å². The van der Waals surface area contributed by atoms with Crippen LogP contribution in [0, 0.1) is 0 Å². The van der Waals surface area contributed by atoms with E-state index in [4.69, 9.17) is 18.8 Å². The minimum atomic E-state index is -4.31. The van der Waals surface area contributed by atoms with Crippen molar-refractivity contribution in [2.45, 2.75) is 18.9 Å². The standard InChI is InChI=1S/C4H12O5Si2/c5-11(6,7)9-10-4-2-1-3-8-10/h5-7,10H,1-4H2. The van der Waals surface area contributed by atoms with Gasteiger partial charge in [0.25, 0.3) is 0 Å². The van der Waals surface area contributed by atoms with Crippen LogP contribution in [0.2, 0.25) is 6.04 Å². The van der Waals surface area contributed by atoms with Gasteiger partial charge < -0.3 is 22.9 Å². The van der Waals surface area contributed by atoms with Gasteiger partial charge in [-0.05, 0) is 18.9 Å². The normalized spacial score (nSPS) is 27.0. The summed E-state index contributed by atoms with van der Waals surface area (Å²) in [6.45, 7) is 0.612. The van der Waals surface area contributed by atoms with Gasteiger partial charge in [-0.1, -0.05) is 0 Å². The lowest BCUT2D eigenvalue weighted by Gasteiger charge is -2.23. The smallest absolute Gasteiger partial charge is 0.397 e. The first-order valence-electron chi connectivity index (χ1n) is 3.54. The molecular formula is C4H12O5Si2. The van der Waals surface area contributed by atoms with Crippen molar-refractivity contribution in [2.75, 3.05) is 6.61 Å². The fraction of sp³-hybridized carbons (Fsp3) is 1.00. The quantitative estimate of drug-likeness (QED) is 0.466. The van der Waals surface area contributed by atoms with Crippen LogP contribution in [0.3, 0.4) is 0 Å². The predicted molar refractivity (Wildman–Crippen MR) is 40.6 cm³/mol. The largest absolute Gasteiger partial charge is 0.662 e. The molecule has 0 saturated carbocycles. The van der Waals surface area contributed by atoms with Gasteiger partial charge in [0.15, 0.2) is 0 Å². The van der Waals surface area contributed by atoms with Crippen molar-refractivity contribution in [3.8, 4) is 0 Å². The first-order chi connectivity index (χ1) is 5.08. The van der Waals surface area contributed by atoms with E-state index < -0.39 is 18.3 Å². The van der Waals surface area contributed by atoms with Crippen molar-refractivity contribution < 1.29 is 22.9 Å². The van der Waals surface area contributed by atoms with Gasteiger partial charge in [0.05, 0.1) is 0 Å². The van der Waals surface area contributed by atoms with E-state index in [2.05, 4.69) is 4.12 Å². The summed E-state index contributed by atoms with van der Waals surface area (Å²) in [7, 11) is -6.25. The highest BCUT2D eigenvalue weighted by Crippen LogP contribution is 2.12. The summed E-state index contributed by atoms with van der Waals surface area (Å²) in [4.78, 5) is 25.7. The molecule has 7 heteroatoms. The minimum Gasteiger partial charge on any atom is -0.397 e. The van der Waals surface area contributed by atoms with Crippen LogP contribution < -0.4 is 0 Å². The van der Waals surface area contributed by atoms with E-state index in [1.165, 1.54) is 0 Å². The second kappa shape index (κ2) is 3.76. The molecule has 5 nitrogen and oxygen atoms in total. The third-order valence-corrected chi connectivity index (χ3v) is 5.23. The fourth-order valence-electron chi connectivity index (χ4n) is 0.980. The van der Waals surface area contributed by atoms with E-state index >= 15 is 0 Å². The van der Waals surface area contributed by atoms with Crippen LogP contribution in [0.5, 0.6) is 0 Å². The molecule has 0 aromatic carbocycles. The van der Waals surface area contributed by atoms with Crippen LogP contribution in [-0.4, -0.2) is 39.3 Å². The van der Waals surface area contributed by atoms with Gasteiger partial charge in [-0.2, -0.15) is 0 Å². The maximum absolute atomic E-state index is 8.55. The fourth-order valence-corrected chi connectivity index (χ4v) is 4.35. The molecule has 1 heterocycles. The Morgan fingerprint density at radius 1 is 1.27 bits per heavy atom. The molecule has 1 aliphatic heterocycles. The van der Waals surface area contributed by atoms with Crippen LogP contribution in [0.25, 0.3) is 0 Å². The van der Waals surface area contributed by atoms with E-state index in [-0.39, 0.29) is 0 Å². The lowest BCUT2D eigenvalue weighted by molar-refractivity contribution is 0.101. The molecule has 0 amide bonds. The van der Waals surface area contributed by atoms with Crippen molar-refractivity contribution in [2.24, 2.45) is 0 Å². The lowest BCUT2D eigenvalue weighted by Crippen LogP contribution is -2.46. The highest BCUT2D eigenvalue weighted by atomic mass is 28.5. The molecule has 1 fully saturated rings. The molecule has 0 aromatic heterocycles. The number of hydrogen-bond acceptors (Lipinski definition) is 5. The van der Waals surface area contributed by atoms with E-state index in [1.807, 2.05) is 0 Å². The third-order valence-electron chi connectivity index (χ3n) is 1.43. The number of hydrogen-bond donors (Lipinski definition) is 3. The van der Waals surface area contributed by atoms with Crippen molar-refractivity contribution in [3.63, 3.8) is 0 Å². The summed E-state index contributed by atoms with van der Waals surface area (Å²) < 4.78 is 9.73. The monoisotopic (exact) mass is 196 g/mol. The third kappa shape index (κ3) is 3.96. The molecule has 0 radical (unpaired) electrons. The molecule has 11 heavy (non-hydrogen) atoms. The second-order valence-electron chi connectivity index (χ2n) is 2.49. The van der Waals surface area contributed by atoms with Crippen LogP contribution in [0.4, 0.5) is 0 Å². The molecule has 1 saturated heterocycles. The molecule has 0 aromatic rings. The topological polar surface area (TPSA) is 79.2 Å². The molecule has 0 aliphatic carbocycles. The van der Waals surface area contributed by atoms with Gasteiger partial charge in [-0.25, -0.2) is 0 Å². The predicted octanol–water partition coefficient (Wildman–Crippen LogP) is -1.55.